The Morgan fingerprint density at radius 2 is 1.12 bits per heavy atom. The van der Waals surface area contributed by atoms with Crippen LogP contribution in [0.15, 0.2) is 96.6 Å². The van der Waals surface area contributed by atoms with Crippen LogP contribution in [0.1, 0.15) is 89.1 Å². The van der Waals surface area contributed by atoms with E-state index in [1.54, 1.807) is 27.5 Å². The van der Waals surface area contributed by atoms with Gasteiger partial charge < -0.3 is 0 Å². The second-order valence-corrected chi connectivity index (χ2v) is 29.8. The van der Waals surface area contributed by atoms with Gasteiger partial charge in [-0.3, -0.25) is 0 Å². The molecule has 0 nitrogen and oxygen atoms in total. The van der Waals surface area contributed by atoms with E-state index in [2.05, 4.69) is 152 Å². The van der Waals surface area contributed by atoms with Gasteiger partial charge in [-0.2, -0.15) is 0 Å². The van der Waals surface area contributed by atoms with E-state index >= 15 is 0 Å². The third-order valence-electron chi connectivity index (χ3n) is 9.15. The van der Waals surface area contributed by atoms with Gasteiger partial charge in [-0.1, -0.05) is 0 Å². The molecule has 1 unspecified atom stereocenters. The molecule has 40 heavy (non-hydrogen) atoms. The van der Waals surface area contributed by atoms with Crippen LogP contribution < -0.4 is 5.19 Å². The Hall–Kier alpha value is -2.28. The standard InChI is InChI=1S/C21H25.C10H9.C7H8Si.Zr/c1-20(2,3)16-7-9-18-14(12-16)11-15-13-17(21(4,5)6)8-10-19(15)18;1-8-6-9-4-2-3-5-10(9)7-8;1-8-7-5-3-2-4-6-7;/h7-13H,1-6H3;2-7H,1H3;2-6H,1H3;. The number of benzene rings is 4. The molecule has 0 bridgehead atoms. The zero-order valence-corrected chi connectivity index (χ0v) is 28.9. The number of rotatable bonds is 3. The van der Waals surface area contributed by atoms with E-state index in [4.69, 9.17) is 0 Å². The van der Waals surface area contributed by atoms with Gasteiger partial charge in [0, 0.05) is 0 Å². The fourth-order valence-corrected chi connectivity index (χ4v) is 29.5. The minimum absolute atomic E-state index is 0.129. The quantitative estimate of drug-likeness (QED) is 0.201. The molecule has 4 aromatic carbocycles. The molecule has 0 spiro atoms. The van der Waals surface area contributed by atoms with Crippen LogP contribution in [-0.2, 0) is 31.2 Å². The summed E-state index contributed by atoms with van der Waals surface area (Å²) in [5.41, 5.74) is 13.3. The van der Waals surface area contributed by atoms with Crippen LogP contribution in [-0.4, -0.2) is 5.43 Å². The van der Waals surface area contributed by atoms with Gasteiger partial charge in [-0.25, -0.2) is 0 Å². The number of hydrogen-bond donors (Lipinski definition) is 0. The summed E-state index contributed by atoms with van der Waals surface area (Å²) < 4.78 is 1.16. The van der Waals surface area contributed by atoms with E-state index in [1.807, 2.05) is 0 Å². The second-order valence-electron chi connectivity index (χ2n) is 13.9. The Labute approximate surface area is 249 Å². The molecule has 4 aromatic rings. The summed E-state index contributed by atoms with van der Waals surface area (Å²) in [5.74, 6) is 0. The average molecular weight is 618 g/mol. The number of allylic oxidation sites excluding steroid dienone is 1. The first-order chi connectivity index (χ1) is 18.9. The molecular formula is C38H42SiZr. The summed E-state index contributed by atoms with van der Waals surface area (Å²) in [7, 11) is 0. The van der Waals surface area contributed by atoms with Crippen molar-refractivity contribution in [2.24, 2.45) is 0 Å². The average Bonchev–Trinajstić information content (AvgIpc) is 3.42. The molecule has 0 saturated heterocycles. The van der Waals surface area contributed by atoms with Crippen LogP contribution in [0.5, 0.6) is 0 Å². The Kier molecular flexibility index (Phi) is 7.12. The van der Waals surface area contributed by atoms with Gasteiger partial charge >= 0.3 is 251 Å². The summed E-state index contributed by atoms with van der Waals surface area (Å²) in [6.45, 7) is 19.3. The molecule has 0 amide bonds. The van der Waals surface area contributed by atoms with Crippen LogP contribution in [0.4, 0.5) is 0 Å². The van der Waals surface area contributed by atoms with Gasteiger partial charge in [0.25, 0.3) is 0 Å². The fraction of sp³-hybridized carbons (Fsp3) is 0.316. The van der Waals surface area contributed by atoms with Crippen LogP contribution >= 0.6 is 0 Å². The van der Waals surface area contributed by atoms with Crippen molar-refractivity contribution in [1.29, 1.82) is 0 Å². The SMILES string of the molecule is CC1=Cc2ccccc2[CH]1/[Zr]([CH]1c2cc(C(C)(C)C)ccc2-c2ccc(C(C)(C)C)cc21)=[Si](\C)c1ccccc1. The van der Waals surface area contributed by atoms with E-state index in [1.165, 1.54) is 27.8 Å². The molecule has 202 valence electrons. The van der Waals surface area contributed by atoms with Gasteiger partial charge in [0.05, 0.1) is 0 Å². The van der Waals surface area contributed by atoms with Gasteiger partial charge in [-0.15, -0.1) is 0 Å². The maximum absolute atomic E-state index is 2.67. The zero-order valence-electron chi connectivity index (χ0n) is 25.4. The van der Waals surface area contributed by atoms with Gasteiger partial charge in [0.15, 0.2) is 0 Å². The first kappa shape index (κ1) is 27.9. The van der Waals surface area contributed by atoms with Crippen molar-refractivity contribution in [3.05, 3.63) is 130 Å². The van der Waals surface area contributed by atoms with Crippen molar-refractivity contribution in [1.82, 2.24) is 0 Å². The molecule has 0 fully saturated rings. The Morgan fingerprint density at radius 1 is 0.600 bits per heavy atom. The molecule has 6 rings (SSSR count). The second kappa shape index (κ2) is 10.2. The van der Waals surface area contributed by atoms with Crippen molar-refractivity contribution in [2.75, 3.05) is 0 Å². The van der Waals surface area contributed by atoms with E-state index in [0.717, 1.165) is 0 Å². The van der Waals surface area contributed by atoms with E-state index in [0.29, 0.717) is 7.25 Å². The predicted molar refractivity (Wildman–Crippen MR) is 172 cm³/mol. The molecule has 0 aliphatic heterocycles. The summed E-state index contributed by atoms with van der Waals surface area (Å²) in [6, 6.07) is 35.8. The Morgan fingerprint density at radius 3 is 1.68 bits per heavy atom. The number of fused-ring (bicyclic) bond motifs is 4. The molecule has 0 saturated carbocycles. The summed E-state index contributed by atoms with van der Waals surface area (Å²) in [4.78, 5) is 0. The van der Waals surface area contributed by atoms with Gasteiger partial charge in [0.2, 0.25) is 0 Å². The molecule has 1 atom stereocenters. The molecule has 2 aliphatic rings. The normalized spacial score (nSPS) is 17.2. The topological polar surface area (TPSA) is 0 Å². The zero-order chi connectivity index (χ0) is 28.4. The van der Waals surface area contributed by atoms with Crippen molar-refractivity contribution >= 4 is 16.7 Å². The Bertz CT molecular complexity index is 1610. The summed E-state index contributed by atoms with van der Waals surface area (Å²) >= 11 is -2.39. The van der Waals surface area contributed by atoms with Crippen molar-refractivity contribution < 1.29 is 20.4 Å². The third-order valence-corrected chi connectivity index (χ3v) is 29.6. The Balaban J connectivity index is 1.70. The third kappa shape index (κ3) is 4.80. The van der Waals surface area contributed by atoms with Crippen molar-refractivity contribution in [3.63, 3.8) is 0 Å². The fourth-order valence-electron chi connectivity index (χ4n) is 6.88. The van der Waals surface area contributed by atoms with Crippen molar-refractivity contribution in [3.8, 4) is 11.1 Å². The molecule has 0 N–H and O–H groups in total. The molecule has 2 heteroatoms. The van der Waals surface area contributed by atoms with Crippen molar-refractivity contribution in [2.45, 2.75) is 73.1 Å². The summed E-state index contributed by atoms with van der Waals surface area (Å²) in [5, 5.41) is 1.62. The van der Waals surface area contributed by atoms with Crippen LogP contribution in [0.3, 0.4) is 0 Å². The van der Waals surface area contributed by atoms with Gasteiger partial charge in [-0.05, 0) is 0 Å². The maximum atomic E-state index is 2.67. The monoisotopic (exact) mass is 616 g/mol. The summed E-state index contributed by atoms with van der Waals surface area (Å²) in [6.07, 6.45) is 2.51. The predicted octanol–water partition coefficient (Wildman–Crippen LogP) is 9.66. The number of hydrogen-bond acceptors (Lipinski definition) is 0. The molecule has 2 aliphatic carbocycles. The molecule has 0 heterocycles. The molecular weight excluding hydrogens is 576 g/mol. The van der Waals surface area contributed by atoms with E-state index in [-0.39, 0.29) is 10.8 Å². The first-order valence-corrected chi connectivity index (χ1v) is 23.3. The van der Waals surface area contributed by atoms with Gasteiger partial charge in [0.1, 0.15) is 0 Å². The minimum atomic E-state index is -2.39. The molecule has 0 aromatic heterocycles. The van der Waals surface area contributed by atoms with Crippen LogP contribution in [0, 0.1) is 0 Å². The molecule has 0 radical (unpaired) electrons. The first-order valence-electron chi connectivity index (χ1n) is 14.8. The van der Waals surface area contributed by atoms with Crippen LogP contribution in [0.2, 0.25) is 6.55 Å². The van der Waals surface area contributed by atoms with Crippen LogP contribution in [0.25, 0.3) is 17.2 Å². The van der Waals surface area contributed by atoms with E-state index in [9.17, 15) is 0 Å². The van der Waals surface area contributed by atoms with E-state index < -0.39 is 25.8 Å².